The van der Waals surface area contributed by atoms with E-state index in [1.165, 1.54) is 12.1 Å². The number of phenolic OH excluding ortho intramolecular Hbond substituents is 1. The van der Waals surface area contributed by atoms with Crippen LogP contribution in [0.15, 0.2) is 12.1 Å². The number of Topliss-reactive ketones (excluding diaryl/α,β-unsaturated/α-hetero) is 1. The van der Waals surface area contributed by atoms with Crippen LogP contribution in [-0.4, -0.2) is 17.5 Å². The third kappa shape index (κ3) is 2.39. The molecule has 0 unspecified atom stereocenters. The largest absolute Gasteiger partial charge is 0.506 e. The molecule has 0 aliphatic carbocycles. The molecule has 0 fully saturated rings. The van der Waals surface area contributed by atoms with Gasteiger partial charge in [-0.25, -0.2) is 0 Å². The zero-order valence-corrected chi connectivity index (χ0v) is 10.6. The molecule has 0 saturated heterocycles. The first kappa shape index (κ1) is 12.2. The maximum atomic E-state index is 12.1. The Morgan fingerprint density at radius 3 is 2.82 bits per heavy atom. The van der Waals surface area contributed by atoms with Crippen molar-refractivity contribution in [3.05, 3.63) is 22.7 Å². The van der Waals surface area contributed by atoms with Gasteiger partial charge in [-0.3, -0.25) is 4.79 Å². The summed E-state index contributed by atoms with van der Waals surface area (Å²) in [4.78, 5) is 12.1. The van der Waals surface area contributed by atoms with Gasteiger partial charge in [0.1, 0.15) is 11.5 Å². The van der Waals surface area contributed by atoms with Gasteiger partial charge in [0.15, 0.2) is 5.78 Å². The van der Waals surface area contributed by atoms with Gasteiger partial charge in [-0.05, 0) is 12.0 Å². The predicted octanol–water partition coefficient (Wildman–Crippen LogP) is 3.28. The SMILES string of the molecule is CC(C)[C@@H]1COc2cc(O)c(Cl)cc2C(=O)C1. The normalized spacial score (nSPS) is 19.8. The van der Waals surface area contributed by atoms with E-state index in [1.807, 2.05) is 0 Å². The number of aromatic hydroxyl groups is 1. The topological polar surface area (TPSA) is 46.5 Å². The number of hydrogen-bond acceptors (Lipinski definition) is 3. The minimum Gasteiger partial charge on any atom is -0.506 e. The van der Waals surface area contributed by atoms with E-state index >= 15 is 0 Å². The third-order valence-electron chi connectivity index (χ3n) is 3.19. The molecule has 0 radical (unpaired) electrons. The summed E-state index contributed by atoms with van der Waals surface area (Å²) in [5.41, 5.74) is 0.468. The fourth-order valence-corrected chi connectivity index (χ4v) is 2.08. The summed E-state index contributed by atoms with van der Waals surface area (Å²) in [5.74, 6) is 0.993. The first-order valence-electron chi connectivity index (χ1n) is 5.67. The fraction of sp³-hybridized carbons (Fsp3) is 0.462. The molecule has 1 heterocycles. The molecule has 1 atom stereocenters. The van der Waals surface area contributed by atoms with Crippen LogP contribution in [0.1, 0.15) is 30.6 Å². The Balaban J connectivity index is 2.38. The fourth-order valence-electron chi connectivity index (χ4n) is 1.91. The number of rotatable bonds is 1. The summed E-state index contributed by atoms with van der Waals surface area (Å²) in [7, 11) is 0. The van der Waals surface area contributed by atoms with E-state index in [9.17, 15) is 9.90 Å². The molecular formula is C13H15ClO3. The number of benzene rings is 1. The van der Waals surface area contributed by atoms with Crippen LogP contribution in [0, 0.1) is 11.8 Å². The molecule has 0 spiro atoms. The van der Waals surface area contributed by atoms with Crippen LogP contribution in [0.3, 0.4) is 0 Å². The first-order chi connectivity index (χ1) is 7.99. The number of carbonyl (C=O) groups is 1. The molecule has 1 N–H and O–H groups in total. The van der Waals surface area contributed by atoms with E-state index in [0.29, 0.717) is 30.3 Å². The van der Waals surface area contributed by atoms with Crippen LogP contribution >= 0.6 is 11.6 Å². The van der Waals surface area contributed by atoms with Crippen molar-refractivity contribution in [3.63, 3.8) is 0 Å². The number of halogens is 1. The average Bonchev–Trinajstić information content (AvgIpc) is 2.41. The zero-order chi connectivity index (χ0) is 12.6. The number of fused-ring (bicyclic) bond motifs is 1. The minimum atomic E-state index is -0.0544. The van der Waals surface area contributed by atoms with Gasteiger partial charge < -0.3 is 9.84 Å². The highest BCUT2D eigenvalue weighted by Gasteiger charge is 2.26. The van der Waals surface area contributed by atoms with Gasteiger partial charge in [-0.15, -0.1) is 0 Å². The highest BCUT2D eigenvalue weighted by atomic mass is 35.5. The Bertz CT molecular complexity index is 454. The van der Waals surface area contributed by atoms with Gasteiger partial charge in [0.25, 0.3) is 0 Å². The summed E-state index contributed by atoms with van der Waals surface area (Å²) >= 11 is 5.81. The monoisotopic (exact) mass is 254 g/mol. The van der Waals surface area contributed by atoms with Crippen molar-refractivity contribution in [2.24, 2.45) is 11.8 Å². The molecule has 0 bridgehead atoms. The van der Waals surface area contributed by atoms with Gasteiger partial charge in [0, 0.05) is 18.4 Å². The summed E-state index contributed by atoms with van der Waals surface area (Å²) in [6.07, 6.45) is 0.464. The van der Waals surface area contributed by atoms with Crippen LogP contribution in [0.5, 0.6) is 11.5 Å². The average molecular weight is 255 g/mol. The van der Waals surface area contributed by atoms with Crippen LogP contribution < -0.4 is 4.74 Å². The van der Waals surface area contributed by atoms with Crippen molar-refractivity contribution in [1.82, 2.24) is 0 Å². The van der Waals surface area contributed by atoms with E-state index in [4.69, 9.17) is 16.3 Å². The number of ketones is 1. The summed E-state index contributed by atoms with van der Waals surface area (Å²) in [6, 6.07) is 2.90. The summed E-state index contributed by atoms with van der Waals surface area (Å²) in [6.45, 7) is 4.64. The van der Waals surface area contributed by atoms with Gasteiger partial charge in [-0.2, -0.15) is 0 Å². The highest BCUT2D eigenvalue weighted by molar-refractivity contribution is 6.32. The molecular weight excluding hydrogens is 240 g/mol. The summed E-state index contributed by atoms with van der Waals surface area (Å²) < 4.78 is 5.59. The molecule has 1 aliphatic heterocycles. The summed E-state index contributed by atoms with van der Waals surface area (Å²) in [5, 5.41) is 9.69. The van der Waals surface area contributed by atoms with Crippen LogP contribution in [0.4, 0.5) is 0 Å². The lowest BCUT2D eigenvalue weighted by atomic mass is 9.90. The molecule has 0 aromatic heterocycles. The molecule has 3 nitrogen and oxygen atoms in total. The number of phenols is 1. The Hall–Kier alpha value is -1.22. The van der Waals surface area contributed by atoms with Gasteiger partial charge >= 0.3 is 0 Å². The molecule has 1 aromatic rings. The molecule has 0 saturated carbocycles. The van der Waals surface area contributed by atoms with E-state index < -0.39 is 0 Å². The third-order valence-corrected chi connectivity index (χ3v) is 3.50. The second-order valence-electron chi connectivity index (χ2n) is 4.74. The smallest absolute Gasteiger partial charge is 0.167 e. The van der Waals surface area contributed by atoms with Crippen molar-refractivity contribution in [2.45, 2.75) is 20.3 Å². The lowest BCUT2D eigenvalue weighted by molar-refractivity contribution is 0.0945. The Morgan fingerprint density at radius 2 is 2.18 bits per heavy atom. The first-order valence-corrected chi connectivity index (χ1v) is 6.05. The van der Waals surface area contributed by atoms with E-state index in [1.54, 1.807) is 0 Å². The Kier molecular flexibility index (Phi) is 3.29. The van der Waals surface area contributed by atoms with Gasteiger partial charge in [0.2, 0.25) is 0 Å². The molecule has 2 rings (SSSR count). The van der Waals surface area contributed by atoms with Crippen molar-refractivity contribution in [3.8, 4) is 11.5 Å². The van der Waals surface area contributed by atoms with Gasteiger partial charge in [0.05, 0.1) is 17.2 Å². The van der Waals surface area contributed by atoms with Crippen LogP contribution in [-0.2, 0) is 0 Å². The quantitative estimate of drug-likeness (QED) is 0.837. The molecule has 92 valence electrons. The second kappa shape index (κ2) is 4.57. The van der Waals surface area contributed by atoms with Crippen molar-refractivity contribution < 1.29 is 14.6 Å². The zero-order valence-electron chi connectivity index (χ0n) is 9.87. The Labute approximate surface area is 105 Å². The molecule has 17 heavy (non-hydrogen) atoms. The molecule has 1 aromatic carbocycles. The predicted molar refractivity (Wildman–Crippen MR) is 65.9 cm³/mol. The molecule has 0 amide bonds. The van der Waals surface area contributed by atoms with E-state index in [-0.39, 0.29) is 22.5 Å². The van der Waals surface area contributed by atoms with Crippen LogP contribution in [0.2, 0.25) is 5.02 Å². The second-order valence-corrected chi connectivity index (χ2v) is 5.15. The number of ether oxygens (including phenoxy) is 1. The van der Waals surface area contributed by atoms with Crippen molar-refractivity contribution in [2.75, 3.05) is 6.61 Å². The number of hydrogen-bond donors (Lipinski definition) is 1. The molecule has 4 heteroatoms. The minimum absolute atomic E-state index is 0.0260. The van der Waals surface area contributed by atoms with Crippen molar-refractivity contribution in [1.29, 1.82) is 0 Å². The lowest BCUT2D eigenvalue weighted by Gasteiger charge is -2.16. The van der Waals surface area contributed by atoms with E-state index in [0.717, 1.165) is 0 Å². The standard InChI is InChI=1S/C13H15ClO3/c1-7(2)8-3-11(15)9-4-10(14)12(16)5-13(9)17-6-8/h4-5,7-8,16H,3,6H2,1-2H3/t8-/m0/s1. The maximum absolute atomic E-state index is 12.1. The highest BCUT2D eigenvalue weighted by Crippen LogP contribution is 2.35. The Morgan fingerprint density at radius 1 is 1.47 bits per heavy atom. The number of carbonyl (C=O) groups excluding carboxylic acids is 1. The van der Waals surface area contributed by atoms with E-state index in [2.05, 4.69) is 13.8 Å². The molecule has 1 aliphatic rings. The van der Waals surface area contributed by atoms with Gasteiger partial charge in [-0.1, -0.05) is 25.4 Å². The maximum Gasteiger partial charge on any atom is 0.167 e. The lowest BCUT2D eigenvalue weighted by Crippen LogP contribution is -2.18. The van der Waals surface area contributed by atoms with Crippen molar-refractivity contribution >= 4 is 17.4 Å². The van der Waals surface area contributed by atoms with Crippen LogP contribution in [0.25, 0.3) is 0 Å².